The monoisotopic (exact) mass is 371 g/mol. The van der Waals surface area contributed by atoms with E-state index < -0.39 is 11.6 Å². The number of carbonyl (C=O) groups excluding carboxylic acids is 2. The van der Waals surface area contributed by atoms with Crippen molar-refractivity contribution in [2.75, 3.05) is 13.1 Å². The van der Waals surface area contributed by atoms with Crippen molar-refractivity contribution >= 4 is 18.0 Å². The maximum Gasteiger partial charge on any atom is 0.253 e. The smallest absolute Gasteiger partial charge is 0.253 e. The molecule has 1 N–H and O–H groups in total. The van der Waals surface area contributed by atoms with Crippen molar-refractivity contribution in [1.82, 2.24) is 10.3 Å². The van der Waals surface area contributed by atoms with Crippen molar-refractivity contribution in [1.29, 1.82) is 0 Å². The molecule has 1 aliphatic heterocycles. The lowest BCUT2D eigenvalue weighted by molar-refractivity contribution is -0.126. The number of nitrogens with zero attached hydrogens (tertiary/aromatic N) is 2. The molecule has 1 saturated heterocycles. The van der Waals surface area contributed by atoms with Crippen LogP contribution in [-0.2, 0) is 4.79 Å². The van der Waals surface area contributed by atoms with Crippen LogP contribution in [0.15, 0.2) is 53.6 Å². The molecule has 0 unspecified atom stereocenters. The molecule has 2 aromatic rings. The van der Waals surface area contributed by atoms with Crippen LogP contribution in [0, 0.1) is 17.6 Å². The van der Waals surface area contributed by atoms with Crippen molar-refractivity contribution in [3.05, 3.63) is 71.3 Å². The highest BCUT2D eigenvalue weighted by atomic mass is 19.1. The van der Waals surface area contributed by atoms with Crippen LogP contribution in [0.5, 0.6) is 0 Å². The largest absolute Gasteiger partial charge is 0.339 e. The quantitative estimate of drug-likeness (QED) is 0.664. The maximum atomic E-state index is 13.5. The summed E-state index contributed by atoms with van der Waals surface area (Å²) in [7, 11) is 0. The van der Waals surface area contributed by atoms with E-state index in [1.165, 1.54) is 36.5 Å². The van der Waals surface area contributed by atoms with Gasteiger partial charge in [0, 0.05) is 30.1 Å². The average Bonchev–Trinajstić information content (AvgIpc) is 2.69. The summed E-state index contributed by atoms with van der Waals surface area (Å²) >= 11 is 0. The Hall–Kier alpha value is -3.09. The zero-order valence-corrected chi connectivity index (χ0v) is 14.6. The van der Waals surface area contributed by atoms with Crippen LogP contribution in [0.2, 0.25) is 0 Å². The van der Waals surface area contributed by atoms with Gasteiger partial charge >= 0.3 is 0 Å². The van der Waals surface area contributed by atoms with Crippen LogP contribution in [-0.4, -0.2) is 36.0 Å². The second-order valence-corrected chi connectivity index (χ2v) is 6.33. The number of piperidine rings is 1. The highest BCUT2D eigenvalue weighted by Crippen LogP contribution is 2.19. The minimum absolute atomic E-state index is 0.175. The van der Waals surface area contributed by atoms with Crippen molar-refractivity contribution < 1.29 is 18.4 Å². The van der Waals surface area contributed by atoms with Crippen LogP contribution in [0.25, 0.3) is 0 Å². The van der Waals surface area contributed by atoms with E-state index in [9.17, 15) is 18.4 Å². The lowest BCUT2D eigenvalue weighted by Crippen LogP contribution is -2.42. The van der Waals surface area contributed by atoms with Gasteiger partial charge in [0.25, 0.3) is 5.91 Å². The molecular formula is C20H19F2N3O2. The number of hydrazone groups is 1. The molecule has 2 amide bonds. The van der Waals surface area contributed by atoms with Crippen LogP contribution < -0.4 is 5.43 Å². The molecule has 140 valence electrons. The van der Waals surface area contributed by atoms with Crippen molar-refractivity contribution in [3.63, 3.8) is 0 Å². The SMILES string of the molecule is O=C(N/N=C\c1ccccc1F)C1CCN(C(=O)c2ccc(F)cc2)CC1. The Kier molecular flexibility index (Phi) is 5.90. The molecule has 1 heterocycles. The number of hydrogen-bond acceptors (Lipinski definition) is 3. The van der Waals surface area contributed by atoms with Crippen LogP contribution in [0.4, 0.5) is 8.78 Å². The fourth-order valence-electron chi connectivity index (χ4n) is 2.96. The third-order valence-corrected chi connectivity index (χ3v) is 4.53. The molecular weight excluding hydrogens is 352 g/mol. The van der Waals surface area contributed by atoms with E-state index in [4.69, 9.17) is 0 Å². The van der Waals surface area contributed by atoms with Crippen molar-refractivity contribution in [2.45, 2.75) is 12.8 Å². The Balaban J connectivity index is 1.50. The van der Waals surface area contributed by atoms with E-state index in [1.54, 1.807) is 23.1 Å². The molecule has 27 heavy (non-hydrogen) atoms. The number of halogens is 2. The molecule has 7 heteroatoms. The molecule has 0 spiro atoms. The molecule has 0 aromatic heterocycles. The highest BCUT2D eigenvalue weighted by Gasteiger charge is 2.27. The maximum absolute atomic E-state index is 13.5. The highest BCUT2D eigenvalue weighted by molar-refractivity contribution is 5.94. The minimum atomic E-state index is -0.414. The van der Waals surface area contributed by atoms with Gasteiger partial charge in [-0.15, -0.1) is 0 Å². The third-order valence-electron chi connectivity index (χ3n) is 4.53. The fourth-order valence-corrected chi connectivity index (χ4v) is 2.96. The molecule has 1 fully saturated rings. The van der Waals surface area contributed by atoms with Gasteiger partial charge in [0.15, 0.2) is 0 Å². The van der Waals surface area contributed by atoms with Gasteiger partial charge in [0.1, 0.15) is 11.6 Å². The zero-order valence-electron chi connectivity index (χ0n) is 14.6. The summed E-state index contributed by atoms with van der Waals surface area (Å²) in [6, 6.07) is 11.5. The van der Waals surface area contributed by atoms with Crippen LogP contribution in [0.1, 0.15) is 28.8 Å². The molecule has 3 rings (SSSR count). The first-order chi connectivity index (χ1) is 13.0. The summed E-state index contributed by atoms with van der Waals surface area (Å²) in [6.45, 7) is 0.872. The minimum Gasteiger partial charge on any atom is -0.339 e. The first-order valence-electron chi connectivity index (χ1n) is 8.67. The number of carbonyl (C=O) groups is 2. The lowest BCUT2D eigenvalue weighted by atomic mass is 9.95. The Bertz CT molecular complexity index is 845. The van der Waals surface area contributed by atoms with E-state index >= 15 is 0 Å². The van der Waals surface area contributed by atoms with E-state index in [0.29, 0.717) is 31.5 Å². The normalized spacial score (nSPS) is 15.1. The molecule has 0 radical (unpaired) electrons. The van der Waals surface area contributed by atoms with Crippen LogP contribution in [0.3, 0.4) is 0 Å². The third kappa shape index (κ3) is 4.75. The molecule has 1 aliphatic rings. The lowest BCUT2D eigenvalue weighted by Gasteiger charge is -2.31. The first kappa shape index (κ1) is 18.7. The van der Waals surface area contributed by atoms with Crippen molar-refractivity contribution in [3.8, 4) is 0 Å². The summed E-state index contributed by atoms with van der Waals surface area (Å²) < 4.78 is 26.5. The van der Waals surface area contributed by atoms with Crippen molar-refractivity contribution in [2.24, 2.45) is 11.0 Å². The van der Waals surface area contributed by atoms with Gasteiger partial charge in [-0.2, -0.15) is 5.10 Å². The molecule has 2 aromatic carbocycles. The summed E-state index contributed by atoms with van der Waals surface area (Å²) in [5, 5.41) is 3.81. The van der Waals surface area contributed by atoms with Gasteiger partial charge in [0.05, 0.1) is 6.21 Å². The Morgan fingerprint density at radius 1 is 1.04 bits per heavy atom. The van der Waals surface area contributed by atoms with Gasteiger partial charge in [-0.3, -0.25) is 9.59 Å². The average molecular weight is 371 g/mol. The predicted octanol–water partition coefficient (Wildman–Crippen LogP) is 2.97. The zero-order chi connectivity index (χ0) is 19.2. The Labute approximate surface area is 155 Å². The molecule has 0 aliphatic carbocycles. The number of benzene rings is 2. The van der Waals surface area contributed by atoms with Gasteiger partial charge in [0.2, 0.25) is 5.91 Å². The van der Waals surface area contributed by atoms with Gasteiger partial charge in [-0.05, 0) is 43.2 Å². The Morgan fingerprint density at radius 2 is 1.70 bits per heavy atom. The number of rotatable bonds is 4. The predicted molar refractivity (Wildman–Crippen MR) is 97.2 cm³/mol. The summed E-state index contributed by atoms with van der Waals surface area (Å²) in [5.74, 6) is -1.50. The van der Waals surface area contributed by atoms with E-state index in [2.05, 4.69) is 10.5 Å². The van der Waals surface area contributed by atoms with Gasteiger partial charge in [-0.25, -0.2) is 14.2 Å². The van der Waals surface area contributed by atoms with E-state index in [1.807, 2.05) is 0 Å². The molecule has 0 saturated carbocycles. The number of likely N-dealkylation sites (tertiary alicyclic amines) is 1. The van der Waals surface area contributed by atoms with Gasteiger partial charge < -0.3 is 4.90 Å². The first-order valence-corrected chi connectivity index (χ1v) is 8.67. The number of amides is 2. The molecule has 0 bridgehead atoms. The number of nitrogens with one attached hydrogen (secondary N) is 1. The summed E-state index contributed by atoms with van der Waals surface area (Å²) in [5.41, 5.74) is 3.14. The standard InChI is InChI=1S/C20H19F2N3O2/c21-17-7-5-15(6-8-17)20(27)25-11-9-14(10-12-25)19(26)24-23-13-16-3-1-2-4-18(16)22/h1-8,13-14H,9-12H2,(H,24,26)/b23-13-. The summed E-state index contributed by atoms with van der Waals surface area (Å²) in [6.07, 6.45) is 2.28. The molecule has 5 nitrogen and oxygen atoms in total. The van der Waals surface area contributed by atoms with E-state index in [0.717, 1.165) is 0 Å². The second-order valence-electron chi connectivity index (χ2n) is 6.33. The fraction of sp³-hybridized carbons (Fsp3) is 0.250. The Morgan fingerprint density at radius 3 is 2.37 bits per heavy atom. The van der Waals surface area contributed by atoms with Crippen LogP contribution >= 0.6 is 0 Å². The molecule has 0 atom stereocenters. The second kappa shape index (κ2) is 8.53. The van der Waals surface area contributed by atoms with E-state index in [-0.39, 0.29) is 23.3 Å². The van der Waals surface area contributed by atoms with Gasteiger partial charge in [-0.1, -0.05) is 18.2 Å². The summed E-state index contributed by atoms with van der Waals surface area (Å²) in [4.78, 5) is 26.2. The number of hydrogen-bond donors (Lipinski definition) is 1. The topological polar surface area (TPSA) is 61.8 Å².